The molecule has 2 N–H and O–H groups in total. The van der Waals surface area contributed by atoms with Crippen molar-refractivity contribution in [3.63, 3.8) is 0 Å². The summed E-state index contributed by atoms with van der Waals surface area (Å²) in [6.07, 6.45) is 0. The Labute approximate surface area is 121 Å². The molecule has 0 aromatic heterocycles. The van der Waals surface area contributed by atoms with E-state index in [0.717, 1.165) is 0 Å². The van der Waals surface area contributed by atoms with Crippen LogP contribution < -0.4 is 5.73 Å². The lowest BCUT2D eigenvalue weighted by Crippen LogP contribution is -1.84. The monoisotopic (exact) mass is 289 g/mol. The van der Waals surface area contributed by atoms with Crippen LogP contribution >= 0.6 is 23.2 Å². The third-order valence-corrected chi connectivity index (χ3v) is 2.62. The molecule has 0 aliphatic carbocycles. The second kappa shape index (κ2) is 7.28. The minimum absolute atomic E-state index is 0.405. The van der Waals surface area contributed by atoms with Crippen molar-refractivity contribution in [2.45, 2.75) is 0 Å². The minimum atomic E-state index is 0.405. The number of nitrogens with zero attached hydrogens (tertiary/aromatic N) is 2. The highest BCUT2D eigenvalue weighted by Crippen LogP contribution is 2.17. The van der Waals surface area contributed by atoms with E-state index in [4.69, 9.17) is 39.5 Å². The van der Waals surface area contributed by atoms with Gasteiger partial charge in [-0.1, -0.05) is 29.3 Å². The van der Waals surface area contributed by atoms with E-state index in [-0.39, 0.29) is 0 Å². The van der Waals surface area contributed by atoms with Crippen LogP contribution in [-0.4, -0.2) is 0 Å². The Morgan fingerprint density at radius 2 is 1.68 bits per heavy atom. The molecular weight excluding hydrogens is 281 g/mol. The maximum Gasteiger partial charge on any atom is 0.101 e. The van der Waals surface area contributed by atoms with Gasteiger partial charge in [-0.3, -0.25) is 0 Å². The van der Waals surface area contributed by atoms with Gasteiger partial charge in [-0.15, -0.1) is 0 Å². The number of nitriles is 2. The average molecular weight is 290 g/mol. The summed E-state index contributed by atoms with van der Waals surface area (Å²) in [7, 11) is 0. The molecule has 0 unspecified atom stereocenters. The molecule has 5 heteroatoms. The molecule has 0 fully saturated rings. The normalized spacial score (nSPS) is 8.63. The zero-order valence-electron chi connectivity index (χ0n) is 9.77. The van der Waals surface area contributed by atoms with Crippen LogP contribution in [0.15, 0.2) is 42.5 Å². The Morgan fingerprint density at radius 1 is 0.947 bits per heavy atom. The van der Waals surface area contributed by atoms with E-state index in [9.17, 15) is 0 Å². The number of hydrogen-bond acceptors (Lipinski definition) is 3. The lowest BCUT2D eigenvalue weighted by Gasteiger charge is -1.94. The maximum absolute atomic E-state index is 8.43. The number of hydrogen-bond donors (Lipinski definition) is 1. The molecule has 0 aliphatic rings. The topological polar surface area (TPSA) is 73.6 Å². The van der Waals surface area contributed by atoms with Gasteiger partial charge in [0.05, 0.1) is 22.2 Å². The van der Waals surface area contributed by atoms with Gasteiger partial charge in [-0.25, -0.2) is 0 Å². The van der Waals surface area contributed by atoms with Gasteiger partial charge in [-0.05, 0) is 36.4 Å². The van der Waals surface area contributed by atoms with Crippen molar-refractivity contribution < 1.29 is 0 Å². The smallest absolute Gasteiger partial charge is 0.101 e. The molecule has 94 valence electrons. The van der Waals surface area contributed by atoms with Crippen LogP contribution in [0.25, 0.3) is 0 Å². The Hall–Kier alpha value is -2.20. The van der Waals surface area contributed by atoms with E-state index < -0.39 is 0 Å². The van der Waals surface area contributed by atoms with Crippen LogP contribution in [-0.2, 0) is 0 Å². The molecule has 2 aromatic carbocycles. The lowest BCUT2D eigenvalue weighted by atomic mass is 10.2. The van der Waals surface area contributed by atoms with E-state index in [1.165, 1.54) is 0 Å². The van der Waals surface area contributed by atoms with E-state index in [1.807, 2.05) is 12.1 Å². The van der Waals surface area contributed by atoms with E-state index >= 15 is 0 Å². The quantitative estimate of drug-likeness (QED) is 0.745. The molecule has 0 spiro atoms. The Balaban J connectivity index is 0.000000191. The zero-order chi connectivity index (χ0) is 14.3. The van der Waals surface area contributed by atoms with Crippen molar-refractivity contribution in [2.75, 3.05) is 5.73 Å². The summed E-state index contributed by atoms with van der Waals surface area (Å²) in [6, 6.07) is 15.5. The molecular formula is C14H9Cl2N3. The molecule has 19 heavy (non-hydrogen) atoms. The summed E-state index contributed by atoms with van der Waals surface area (Å²) < 4.78 is 0. The fourth-order valence-corrected chi connectivity index (χ4v) is 1.60. The van der Waals surface area contributed by atoms with Gasteiger partial charge >= 0.3 is 0 Å². The highest BCUT2D eigenvalue weighted by Gasteiger charge is 1.96. The fourth-order valence-electron chi connectivity index (χ4n) is 1.18. The Kier molecular flexibility index (Phi) is 5.70. The summed E-state index contributed by atoms with van der Waals surface area (Å²) in [4.78, 5) is 0. The van der Waals surface area contributed by atoms with Crippen LogP contribution in [0.3, 0.4) is 0 Å². The summed E-state index contributed by atoms with van der Waals surface area (Å²) in [5.74, 6) is 0. The average Bonchev–Trinajstić information content (AvgIpc) is 2.39. The first kappa shape index (κ1) is 14.9. The van der Waals surface area contributed by atoms with Crippen LogP contribution in [0, 0.1) is 22.7 Å². The molecule has 2 rings (SSSR count). The minimum Gasteiger partial charge on any atom is -0.399 e. The van der Waals surface area contributed by atoms with Crippen molar-refractivity contribution in [1.29, 1.82) is 10.5 Å². The first-order valence-corrected chi connectivity index (χ1v) is 5.93. The first-order chi connectivity index (χ1) is 9.06. The van der Waals surface area contributed by atoms with Crippen LogP contribution in [0.2, 0.25) is 10.0 Å². The van der Waals surface area contributed by atoms with Crippen molar-refractivity contribution in [3.8, 4) is 12.1 Å². The number of nitrogens with two attached hydrogens (primary N) is 1. The van der Waals surface area contributed by atoms with Crippen LogP contribution in [0.4, 0.5) is 5.69 Å². The van der Waals surface area contributed by atoms with Crippen LogP contribution in [0.1, 0.15) is 11.1 Å². The largest absolute Gasteiger partial charge is 0.399 e. The van der Waals surface area contributed by atoms with Crippen molar-refractivity contribution in [3.05, 3.63) is 63.6 Å². The number of nitrogen functional groups attached to an aromatic ring is 1. The number of anilines is 1. The zero-order valence-corrected chi connectivity index (χ0v) is 11.3. The van der Waals surface area contributed by atoms with Crippen molar-refractivity contribution >= 4 is 28.9 Å². The highest BCUT2D eigenvalue weighted by molar-refractivity contribution is 6.32. The highest BCUT2D eigenvalue weighted by atomic mass is 35.5. The molecule has 0 atom stereocenters. The molecule has 2 aromatic rings. The van der Waals surface area contributed by atoms with Gasteiger partial charge in [0.1, 0.15) is 6.07 Å². The molecule has 3 nitrogen and oxygen atoms in total. The summed E-state index contributed by atoms with van der Waals surface area (Å²) in [6.45, 7) is 0. The Morgan fingerprint density at radius 3 is 2.16 bits per heavy atom. The standard InChI is InChI=1S/C7H5ClN2.C7H4ClN/c8-7-3-6(10)2-1-5(7)4-9;8-7-3-1-2-6(4-7)5-9/h1-3H,10H2;1-4H. The second-order valence-electron chi connectivity index (χ2n) is 3.47. The molecule has 0 heterocycles. The molecule has 0 bridgehead atoms. The summed E-state index contributed by atoms with van der Waals surface area (Å²) in [5.41, 5.74) is 7.02. The Bertz CT molecular complexity index is 654. The van der Waals surface area contributed by atoms with Gasteiger partial charge in [0, 0.05) is 10.7 Å². The lowest BCUT2D eigenvalue weighted by molar-refractivity contribution is 1.48. The second-order valence-corrected chi connectivity index (χ2v) is 4.32. The molecule has 0 amide bonds. The van der Waals surface area contributed by atoms with Crippen LogP contribution in [0.5, 0.6) is 0 Å². The van der Waals surface area contributed by atoms with Gasteiger partial charge in [0.15, 0.2) is 0 Å². The van der Waals surface area contributed by atoms with E-state index in [0.29, 0.717) is 26.9 Å². The third kappa shape index (κ3) is 4.89. The van der Waals surface area contributed by atoms with Gasteiger partial charge in [-0.2, -0.15) is 10.5 Å². The molecule has 0 saturated heterocycles. The van der Waals surface area contributed by atoms with E-state index in [2.05, 4.69) is 0 Å². The molecule has 0 saturated carbocycles. The number of halogens is 2. The fraction of sp³-hybridized carbons (Fsp3) is 0. The number of rotatable bonds is 0. The van der Waals surface area contributed by atoms with Crippen molar-refractivity contribution in [2.24, 2.45) is 0 Å². The predicted octanol–water partition coefficient (Wildman–Crippen LogP) is 4.01. The summed E-state index contributed by atoms with van der Waals surface area (Å²) >= 11 is 11.2. The third-order valence-electron chi connectivity index (χ3n) is 2.07. The predicted molar refractivity (Wildman–Crippen MR) is 76.7 cm³/mol. The number of benzene rings is 2. The van der Waals surface area contributed by atoms with E-state index in [1.54, 1.807) is 42.5 Å². The summed E-state index contributed by atoms with van der Waals surface area (Å²) in [5, 5.41) is 17.8. The van der Waals surface area contributed by atoms with Gasteiger partial charge in [0.2, 0.25) is 0 Å². The molecule has 0 aliphatic heterocycles. The van der Waals surface area contributed by atoms with Crippen molar-refractivity contribution in [1.82, 2.24) is 0 Å². The van der Waals surface area contributed by atoms with Gasteiger partial charge in [0.25, 0.3) is 0 Å². The SMILES string of the molecule is N#Cc1ccc(N)cc1Cl.N#Cc1cccc(Cl)c1. The molecule has 0 radical (unpaired) electrons. The maximum atomic E-state index is 8.43. The van der Waals surface area contributed by atoms with Gasteiger partial charge < -0.3 is 5.73 Å². The first-order valence-electron chi connectivity index (χ1n) is 5.17.